The third-order valence-electron chi connectivity index (χ3n) is 3.48. The third-order valence-corrected chi connectivity index (χ3v) is 3.48. The van der Waals surface area contributed by atoms with E-state index in [1.54, 1.807) is 0 Å². The van der Waals surface area contributed by atoms with Gasteiger partial charge in [0.1, 0.15) is 17.5 Å². The monoisotopic (exact) mass is 282 g/mol. The number of halogens is 1. The molecule has 0 saturated carbocycles. The Kier molecular flexibility index (Phi) is 4.16. The maximum absolute atomic E-state index is 13.4. The van der Waals surface area contributed by atoms with Crippen LogP contribution in [0.25, 0.3) is 0 Å². The minimum absolute atomic E-state index is 0.0456. The van der Waals surface area contributed by atoms with Crippen LogP contribution in [0.4, 0.5) is 15.8 Å². The molecule has 1 aliphatic rings. The van der Waals surface area contributed by atoms with Crippen molar-refractivity contribution in [2.24, 2.45) is 0 Å². The van der Waals surface area contributed by atoms with Crippen molar-refractivity contribution in [3.05, 3.63) is 34.1 Å². The maximum atomic E-state index is 13.4. The van der Waals surface area contributed by atoms with E-state index in [4.69, 9.17) is 0 Å². The number of carbonyl (C=O) groups is 1. The normalized spacial score (nSPS) is 19.4. The fourth-order valence-electron chi connectivity index (χ4n) is 2.53. The number of rotatable bonds is 3. The van der Waals surface area contributed by atoms with Gasteiger partial charge >= 0.3 is 5.97 Å². The van der Waals surface area contributed by atoms with Gasteiger partial charge in [0, 0.05) is 18.7 Å². The van der Waals surface area contributed by atoms with Crippen molar-refractivity contribution in [1.29, 1.82) is 0 Å². The molecule has 0 spiro atoms. The number of hydrogen-bond acceptors (Lipinski definition) is 4. The van der Waals surface area contributed by atoms with Gasteiger partial charge in [-0.3, -0.25) is 10.1 Å². The average Bonchev–Trinajstić information content (AvgIpc) is 2.63. The van der Waals surface area contributed by atoms with E-state index in [0.717, 1.165) is 37.5 Å². The summed E-state index contributed by atoms with van der Waals surface area (Å²) < 4.78 is 13.4. The molecule has 1 aromatic rings. The van der Waals surface area contributed by atoms with Gasteiger partial charge < -0.3 is 10.0 Å². The van der Waals surface area contributed by atoms with Gasteiger partial charge in [-0.25, -0.2) is 9.18 Å². The minimum atomic E-state index is -1.04. The van der Waals surface area contributed by atoms with Crippen molar-refractivity contribution in [2.75, 3.05) is 11.4 Å². The first-order valence-corrected chi connectivity index (χ1v) is 6.44. The van der Waals surface area contributed by atoms with Gasteiger partial charge in [-0.15, -0.1) is 0 Å². The molecule has 1 aliphatic heterocycles. The van der Waals surface area contributed by atoms with Crippen molar-refractivity contribution >= 4 is 17.3 Å². The van der Waals surface area contributed by atoms with Crippen LogP contribution in [0.5, 0.6) is 0 Å². The minimum Gasteiger partial charge on any atom is -0.480 e. The molecule has 0 radical (unpaired) electrons. The molecule has 1 fully saturated rings. The zero-order valence-electron chi connectivity index (χ0n) is 10.8. The van der Waals surface area contributed by atoms with E-state index in [1.807, 2.05) is 0 Å². The summed E-state index contributed by atoms with van der Waals surface area (Å²) in [6.45, 7) is 0.376. The zero-order chi connectivity index (χ0) is 14.7. The molecule has 6 nitrogen and oxygen atoms in total. The molecule has 108 valence electrons. The topological polar surface area (TPSA) is 83.7 Å². The lowest BCUT2D eigenvalue weighted by atomic mass is 10.1. The standard InChI is InChI=1S/C13H15FN2O4/c14-9-5-6-10(16(19)20)12(8-9)15-7-3-1-2-4-11(15)13(17)18/h5-6,8,11H,1-4,7H2,(H,17,18). The van der Waals surface area contributed by atoms with Gasteiger partial charge in [-0.2, -0.15) is 0 Å². The number of nitro groups is 1. The second-order valence-electron chi connectivity index (χ2n) is 4.79. The highest BCUT2D eigenvalue weighted by Gasteiger charge is 2.31. The van der Waals surface area contributed by atoms with E-state index in [1.165, 1.54) is 4.90 Å². The molecule has 0 amide bonds. The van der Waals surface area contributed by atoms with Crippen LogP contribution in [-0.2, 0) is 4.79 Å². The highest BCUT2D eigenvalue weighted by molar-refractivity contribution is 5.80. The largest absolute Gasteiger partial charge is 0.480 e. The van der Waals surface area contributed by atoms with Crippen LogP contribution >= 0.6 is 0 Å². The van der Waals surface area contributed by atoms with Crippen LogP contribution in [0, 0.1) is 15.9 Å². The number of carboxylic acids is 1. The van der Waals surface area contributed by atoms with E-state index in [9.17, 15) is 24.4 Å². The molecule has 1 N–H and O–H groups in total. The number of carboxylic acid groups (broad SMARTS) is 1. The zero-order valence-corrected chi connectivity index (χ0v) is 10.8. The summed E-state index contributed by atoms with van der Waals surface area (Å²) in [6, 6.07) is 2.28. The lowest BCUT2D eigenvalue weighted by molar-refractivity contribution is -0.384. The summed E-state index contributed by atoms with van der Waals surface area (Å²) in [7, 11) is 0. The van der Waals surface area contributed by atoms with Gasteiger partial charge in [-0.1, -0.05) is 12.8 Å². The van der Waals surface area contributed by atoms with Crippen LogP contribution in [0.2, 0.25) is 0 Å². The van der Waals surface area contributed by atoms with E-state index in [2.05, 4.69) is 0 Å². The summed E-state index contributed by atoms with van der Waals surface area (Å²) in [6.07, 6.45) is 2.75. The van der Waals surface area contributed by atoms with Crippen LogP contribution < -0.4 is 4.90 Å². The summed E-state index contributed by atoms with van der Waals surface area (Å²) in [4.78, 5) is 23.2. The van der Waals surface area contributed by atoms with E-state index >= 15 is 0 Å². The molecule has 1 saturated heterocycles. The fraction of sp³-hybridized carbons (Fsp3) is 0.462. The van der Waals surface area contributed by atoms with E-state index in [-0.39, 0.29) is 11.4 Å². The Morgan fingerprint density at radius 1 is 1.40 bits per heavy atom. The highest BCUT2D eigenvalue weighted by atomic mass is 19.1. The molecule has 0 bridgehead atoms. The Bertz CT molecular complexity index is 535. The molecule has 1 unspecified atom stereocenters. The summed E-state index contributed by atoms with van der Waals surface area (Å²) in [5.74, 6) is -1.65. The lowest BCUT2D eigenvalue weighted by Crippen LogP contribution is -2.41. The number of hydrogen-bond donors (Lipinski definition) is 1. The second-order valence-corrected chi connectivity index (χ2v) is 4.79. The van der Waals surface area contributed by atoms with Crippen LogP contribution in [-0.4, -0.2) is 28.6 Å². The van der Waals surface area contributed by atoms with Crippen molar-refractivity contribution in [1.82, 2.24) is 0 Å². The molecule has 0 aromatic heterocycles. The first kappa shape index (κ1) is 14.2. The summed E-state index contributed by atoms with van der Waals surface area (Å²) in [5.41, 5.74) is -0.219. The van der Waals surface area contributed by atoms with Crippen molar-refractivity contribution in [3.8, 4) is 0 Å². The van der Waals surface area contributed by atoms with Crippen LogP contribution in [0.3, 0.4) is 0 Å². The van der Waals surface area contributed by atoms with Gasteiger partial charge in [0.15, 0.2) is 0 Å². The molecule has 7 heteroatoms. The summed E-state index contributed by atoms with van der Waals surface area (Å²) in [5, 5.41) is 20.3. The Labute approximate surface area is 115 Å². The predicted molar refractivity (Wildman–Crippen MR) is 70.3 cm³/mol. The molecule has 2 rings (SSSR count). The molecule has 20 heavy (non-hydrogen) atoms. The third kappa shape index (κ3) is 2.87. The van der Waals surface area contributed by atoms with Gasteiger partial charge in [0.2, 0.25) is 0 Å². The first-order chi connectivity index (χ1) is 9.50. The Morgan fingerprint density at radius 2 is 2.15 bits per heavy atom. The van der Waals surface area contributed by atoms with Crippen LogP contribution in [0.1, 0.15) is 25.7 Å². The predicted octanol–water partition coefficient (Wildman–Crippen LogP) is 2.57. The van der Waals surface area contributed by atoms with E-state index in [0.29, 0.717) is 13.0 Å². The van der Waals surface area contributed by atoms with Crippen molar-refractivity contribution < 1.29 is 19.2 Å². The van der Waals surface area contributed by atoms with Gasteiger partial charge in [0.05, 0.1) is 4.92 Å². The van der Waals surface area contributed by atoms with Crippen molar-refractivity contribution in [2.45, 2.75) is 31.7 Å². The Hall–Kier alpha value is -2.18. The average molecular weight is 282 g/mol. The smallest absolute Gasteiger partial charge is 0.326 e. The van der Waals surface area contributed by atoms with Crippen LogP contribution in [0.15, 0.2) is 18.2 Å². The lowest BCUT2D eigenvalue weighted by Gasteiger charge is -2.28. The number of nitro benzene ring substituents is 1. The maximum Gasteiger partial charge on any atom is 0.326 e. The molecular weight excluding hydrogens is 267 g/mol. The van der Waals surface area contributed by atoms with E-state index < -0.39 is 22.8 Å². The Balaban J connectivity index is 2.47. The first-order valence-electron chi connectivity index (χ1n) is 6.44. The second kappa shape index (κ2) is 5.85. The number of aliphatic carboxylic acids is 1. The van der Waals surface area contributed by atoms with Gasteiger partial charge in [0.25, 0.3) is 5.69 Å². The fourth-order valence-corrected chi connectivity index (χ4v) is 2.53. The van der Waals surface area contributed by atoms with Crippen molar-refractivity contribution in [3.63, 3.8) is 0 Å². The molecule has 1 aromatic carbocycles. The number of anilines is 1. The Morgan fingerprint density at radius 3 is 2.80 bits per heavy atom. The summed E-state index contributed by atoms with van der Waals surface area (Å²) >= 11 is 0. The number of nitrogens with zero attached hydrogens (tertiary/aromatic N) is 2. The molecule has 1 atom stereocenters. The highest BCUT2D eigenvalue weighted by Crippen LogP contribution is 2.33. The van der Waals surface area contributed by atoms with Gasteiger partial charge in [-0.05, 0) is 18.9 Å². The SMILES string of the molecule is O=C(O)C1CCCCCN1c1cc(F)ccc1[N+](=O)[O-]. The molecule has 0 aliphatic carbocycles. The molecular formula is C13H15FN2O4. The quantitative estimate of drug-likeness (QED) is 0.680. The number of benzene rings is 1. The molecule has 1 heterocycles.